The molecule has 1 aromatic rings. The highest BCUT2D eigenvalue weighted by atomic mass is 16.4. The Morgan fingerprint density at radius 2 is 1.93 bits per heavy atom. The highest BCUT2D eigenvalue weighted by Crippen LogP contribution is 2.18. The molecule has 1 N–H and O–H groups in total. The van der Waals surface area contributed by atoms with Crippen LogP contribution >= 0.6 is 0 Å². The van der Waals surface area contributed by atoms with Gasteiger partial charge in [0.15, 0.2) is 0 Å². The predicted octanol–water partition coefficient (Wildman–Crippen LogP) is 3.34. The maximum atomic E-state index is 10.9. The molecule has 0 fully saturated rings. The first-order valence-corrected chi connectivity index (χ1v) is 5.39. The first-order valence-electron chi connectivity index (χ1n) is 5.39. The summed E-state index contributed by atoms with van der Waals surface area (Å²) in [6.07, 6.45) is 3.37. The minimum atomic E-state index is -0.836. The van der Waals surface area contributed by atoms with E-state index in [1.807, 2.05) is 19.9 Å². The van der Waals surface area contributed by atoms with Crippen molar-refractivity contribution in [2.45, 2.75) is 40.0 Å². The van der Waals surface area contributed by atoms with Gasteiger partial charge in [0.05, 0.1) is 5.56 Å². The van der Waals surface area contributed by atoms with Crippen molar-refractivity contribution in [2.24, 2.45) is 0 Å². The quantitative estimate of drug-likeness (QED) is 0.820. The Morgan fingerprint density at radius 1 is 1.27 bits per heavy atom. The molecule has 0 aromatic heterocycles. The Hall–Kier alpha value is -1.31. The molecule has 0 aliphatic heterocycles. The largest absolute Gasteiger partial charge is 0.478 e. The van der Waals surface area contributed by atoms with Gasteiger partial charge in [0.2, 0.25) is 0 Å². The molecule has 0 aliphatic rings. The van der Waals surface area contributed by atoms with E-state index in [9.17, 15) is 4.79 Å². The van der Waals surface area contributed by atoms with Gasteiger partial charge in [-0.1, -0.05) is 19.4 Å². The number of rotatable bonds is 4. The van der Waals surface area contributed by atoms with Gasteiger partial charge in [0, 0.05) is 0 Å². The van der Waals surface area contributed by atoms with E-state index in [0.29, 0.717) is 5.56 Å². The third-order valence-electron chi connectivity index (χ3n) is 2.71. The Bertz CT molecular complexity index is 367. The van der Waals surface area contributed by atoms with E-state index in [0.717, 1.165) is 24.0 Å². The second-order valence-electron chi connectivity index (χ2n) is 4.00. The minimum absolute atomic E-state index is 0.424. The Labute approximate surface area is 90.9 Å². The topological polar surface area (TPSA) is 37.3 Å². The first-order chi connectivity index (χ1) is 7.06. The Kier molecular flexibility index (Phi) is 3.89. The second-order valence-corrected chi connectivity index (χ2v) is 4.00. The number of carboxylic acid groups (broad SMARTS) is 1. The van der Waals surface area contributed by atoms with Gasteiger partial charge in [0.25, 0.3) is 0 Å². The van der Waals surface area contributed by atoms with Crippen LogP contribution in [0.3, 0.4) is 0 Å². The van der Waals surface area contributed by atoms with Gasteiger partial charge >= 0.3 is 5.97 Å². The smallest absolute Gasteiger partial charge is 0.335 e. The lowest BCUT2D eigenvalue weighted by Crippen LogP contribution is -2.02. The fourth-order valence-corrected chi connectivity index (χ4v) is 1.74. The van der Waals surface area contributed by atoms with Gasteiger partial charge in [-0.15, -0.1) is 0 Å². The summed E-state index contributed by atoms with van der Waals surface area (Å²) >= 11 is 0. The minimum Gasteiger partial charge on any atom is -0.478 e. The van der Waals surface area contributed by atoms with Crippen molar-refractivity contribution in [1.29, 1.82) is 0 Å². The molecule has 2 heteroatoms. The van der Waals surface area contributed by atoms with Crippen LogP contribution in [0.5, 0.6) is 0 Å². The normalized spacial score (nSPS) is 10.3. The predicted molar refractivity (Wildman–Crippen MR) is 61.5 cm³/mol. The third kappa shape index (κ3) is 2.82. The highest BCUT2D eigenvalue weighted by molar-refractivity contribution is 5.89. The standard InChI is InChI=1S/C13H18O2/c1-4-5-6-11-7-10(3)12(13(14)15)8-9(11)2/h7-8H,4-6H2,1-3H3,(H,14,15). The average molecular weight is 206 g/mol. The molecule has 0 atom stereocenters. The summed E-state index contributed by atoms with van der Waals surface area (Å²) in [4.78, 5) is 10.9. The lowest BCUT2D eigenvalue weighted by atomic mass is 9.97. The number of hydrogen-bond donors (Lipinski definition) is 1. The zero-order valence-electron chi connectivity index (χ0n) is 9.63. The molecule has 1 aromatic carbocycles. The molecule has 0 heterocycles. The van der Waals surface area contributed by atoms with Gasteiger partial charge in [-0.25, -0.2) is 4.79 Å². The van der Waals surface area contributed by atoms with Crippen LogP contribution in [0.25, 0.3) is 0 Å². The molecule has 0 saturated carbocycles. The van der Waals surface area contributed by atoms with E-state index in [1.165, 1.54) is 12.0 Å². The first kappa shape index (κ1) is 11.8. The maximum absolute atomic E-state index is 10.9. The van der Waals surface area contributed by atoms with E-state index >= 15 is 0 Å². The van der Waals surface area contributed by atoms with E-state index in [-0.39, 0.29) is 0 Å². The number of unbranched alkanes of at least 4 members (excludes halogenated alkanes) is 1. The Balaban J connectivity index is 3.02. The van der Waals surface area contributed by atoms with Crippen LogP contribution in [-0.2, 0) is 6.42 Å². The fraction of sp³-hybridized carbons (Fsp3) is 0.462. The number of carboxylic acids is 1. The molecule has 2 nitrogen and oxygen atoms in total. The van der Waals surface area contributed by atoms with E-state index in [1.54, 1.807) is 6.07 Å². The molecule has 1 rings (SSSR count). The van der Waals surface area contributed by atoms with Crippen LogP contribution in [0.4, 0.5) is 0 Å². The number of aryl methyl sites for hydroxylation is 3. The summed E-state index contributed by atoms with van der Waals surface area (Å²) in [5, 5.41) is 8.96. The summed E-state index contributed by atoms with van der Waals surface area (Å²) in [5.74, 6) is -0.836. The molecule has 0 spiro atoms. The number of carbonyl (C=O) groups is 1. The molecule has 0 aliphatic carbocycles. The van der Waals surface area contributed by atoms with Crippen LogP contribution in [-0.4, -0.2) is 11.1 Å². The third-order valence-corrected chi connectivity index (χ3v) is 2.71. The summed E-state index contributed by atoms with van der Waals surface area (Å²) in [5.41, 5.74) is 3.65. The summed E-state index contributed by atoms with van der Waals surface area (Å²) in [7, 11) is 0. The van der Waals surface area contributed by atoms with Crippen molar-refractivity contribution in [3.8, 4) is 0 Å². The van der Waals surface area contributed by atoms with Crippen molar-refractivity contribution < 1.29 is 9.90 Å². The number of hydrogen-bond acceptors (Lipinski definition) is 1. The zero-order valence-corrected chi connectivity index (χ0v) is 9.63. The number of aromatic carboxylic acids is 1. The van der Waals surface area contributed by atoms with Gasteiger partial charge < -0.3 is 5.11 Å². The SMILES string of the molecule is CCCCc1cc(C)c(C(=O)O)cc1C. The van der Waals surface area contributed by atoms with Crippen LogP contribution in [0.1, 0.15) is 46.8 Å². The van der Waals surface area contributed by atoms with E-state index in [2.05, 4.69) is 6.92 Å². The van der Waals surface area contributed by atoms with E-state index in [4.69, 9.17) is 5.11 Å². The molecular formula is C13H18O2. The van der Waals surface area contributed by atoms with E-state index < -0.39 is 5.97 Å². The summed E-state index contributed by atoms with van der Waals surface area (Å²) in [6, 6.07) is 3.79. The van der Waals surface area contributed by atoms with Gasteiger partial charge in [-0.2, -0.15) is 0 Å². The van der Waals surface area contributed by atoms with Crippen LogP contribution < -0.4 is 0 Å². The molecule has 0 amide bonds. The van der Waals surface area contributed by atoms with Crippen molar-refractivity contribution >= 4 is 5.97 Å². The van der Waals surface area contributed by atoms with Crippen molar-refractivity contribution in [2.75, 3.05) is 0 Å². The molecule has 82 valence electrons. The van der Waals surface area contributed by atoms with Gasteiger partial charge in [0.1, 0.15) is 0 Å². The van der Waals surface area contributed by atoms with Gasteiger partial charge in [-0.3, -0.25) is 0 Å². The lowest BCUT2D eigenvalue weighted by molar-refractivity contribution is 0.0696. The zero-order chi connectivity index (χ0) is 11.4. The monoisotopic (exact) mass is 206 g/mol. The highest BCUT2D eigenvalue weighted by Gasteiger charge is 2.09. The molecule has 0 radical (unpaired) electrons. The number of benzene rings is 1. The van der Waals surface area contributed by atoms with Crippen molar-refractivity contribution in [3.63, 3.8) is 0 Å². The summed E-state index contributed by atoms with van der Waals surface area (Å²) in [6.45, 7) is 6.00. The molecule has 0 unspecified atom stereocenters. The molecule has 0 bridgehead atoms. The lowest BCUT2D eigenvalue weighted by Gasteiger charge is -2.09. The molecular weight excluding hydrogens is 188 g/mol. The second kappa shape index (κ2) is 4.96. The fourth-order valence-electron chi connectivity index (χ4n) is 1.74. The van der Waals surface area contributed by atoms with Crippen LogP contribution in [0.15, 0.2) is 12.1 Å². The molecule has 0 saturated heterocycles. The average Bonchev–Trinajstić information content (AvgIpc) is 2.18. The van der Waals surface area contributed by atoms with Crippen LogP contribution in [0.2, 0.25) is 0 Å². The maximum Gasteiger partial charge on any atom is 0.335 e. The van der Waals surface area contributed by atoms with Gasteiger partial charge in [-0.05, 0) is 49.4 Å². The summed E-state index contributed by atoms with van der Waals surface area (Å²) < 4.78 is 0. The Morgan fingerprint density at radius 3 is 2.47 bits per heavy atom. The van der Waals surface area contributed by atoms with Crippen molar-refractivity contribution in [1.82, 2.24) is 0 Å². The molecule has 15 heavy (non-hydrogen) atoms. The van der Waals surface area contributed by atoms with Crippen LogP contribution in [0, 0.1) is 13.8 Å². The van der Waals surface area contributed by atoms with Crippen molar-refractivity contribution in [3.05, 3.63) is 34.4 Å².